The maximum atomic E-state index is 11.9. The van der Waals surface area contributed by atoms with Crippen LogP contribution in [-0.2, 0) is 10.8 Å². The first-order valence-corrected chi connectivity index (χ1v) is 6.44. The van der Waals surface area contributed by atoms with Crippen LogP contribution in [0.2, 0.25) is 0 Å². The molecule has 1 aromatic carbocycles. The normalized spacial score (nSPS) is 13.8. The van der Waals surface area contributed by atoms with Crippen LogP contribution in [0.5, 0.6) is 0 Å². The molecule has 0 saturated carbocycles. The lowest BCUT2D eigenvalue weighted by atomic mass is 9.94. The lowest BCUT2D eigenvalue weighted by Crippen LogP contribution is -2.10. The van der Waals surface area contributed by atoms with Gasteiger partial charge in [0.15, 0.2) is 0 Å². The fraction of sp³-hybridized carbons (Fsp3) is 0.500. The first-order valence-electron chi connectivity index (χ1n) is 5.12. The highest BCUT2D eigenvalue weighted by Crippen LogP contribution is 2.21. The molecule has 84 valence electrons. The first kappa shape index (κ1) is 12.2. The highest BCUT2D eigenvalue weighted by Gasteiger charge is 2.13. The van der Waals surface area contributed by atoms with E-state index in [4.69, 9.17) is 5.73 Å². The summed E-state index contributed by atoms with van der Waals surface area (Å²) in [4.78, 5) is 0.833. The molecular formula is C12H19NOS. The quantitative estimate of drug-likeness (QED) is 0.804. The number of nitrogens with two attached hydrogens (primary N) is 1. The van der Waals surface area contributed by atoms with Gasteiger partial charge in [0.25, 0.3) is 0 Å². The molecule has 0 aliphatic carbocycles. The SMILES string of the molecule is CC(C)(C)CCS(=O)c1cccc(N)c1. The van der Waals surface area contributed by atoms with Crippen molar-refractivity contribution in [2.75, 3.05) is 11.5 Å². The summed E-state index contributed by atoms with van der Waals surface area (Å²) < 4.78 is 11.9. The van der Waals surface area contributed by atoms with E-state index in [0.717, 1.165) is 11.3 Å². The highest BCUT2D eigenvalue weighted by molar-refractivity contribution is 7.85. The summed E-state index contributed by atoms with van der Waals surface area (Å²) in [6.45, 7) is 6.47. The molecular weight excluding hydrogens is 206 g/mol. The van der Waals surface area contributed by atoms with Crippen molar-refractivity contribution < 1.29 is 4.21 Å². The molecule has 1 atom stereocenters. The number of benzene rings is 1. The van der Waals surface area contributed by atoms with Gasteiger partial charge in [-0.1, -0.05) is 26.8 Å². The Hall–Kier alpha value is -0.830. The zero-order valence-corrected chi connectivity index (χ0v) is 10.4. The van der Waals surface area contributed by atoms with E-state index in [1.165, 1.54) is 0 Å². The first-order chi connectivity index (χ1) is 6.88. The molecule has 0 saturated heterocycles. The third kappa shape index (κ3) is 4.47. The molecule has 2 N–H and O–H groups in total. The lowest BCUT2D eigenvalue weighted by Gasteiger charge is -2.17. The molecule has 0 bridgehead atoms. The van der Waals surface area contributed by atoms with Crippen LogP contribution in [0.15, 0.2) is 29.2 Å². The maximum absolute atomic E-state index is 11.9. The van der Waals surface area contributed by atoms with Gasteiger partial charge >= 0.3 is 0 Å². The Morgan fingerprint density at radius 1 is 1.33 bits per heavy atom. The minimum atomic E-state index is -0.920. The van der Waals surface area contributed by atoms with E-state index < -0.39 is 10.8 Å². The zero-order valence-electron chi connectivity index (χ0n) is 9.62. The fourth-order valence-electron chi connectivity index (χ4n) is 1.17. The van der Waals surface area contributed by atoms with Gasteiger partial charge in [0.1, 0.15) is 0 Å². The van der Waals surface area contributed by atoms with E-state index in [0.29, 0.717) is 11.4 Å². The second kappa shape index (κ2) is 4.79. The van der Waals surface area contributed by atoms with Gasteiger partial charge in [-0.05, 0) is 30.0 Å². The van der Waals surface area contributed by atoms with Crippen LogP contribution in [-0.4, -0.2) is 9.96 Å². The van der Waals surface area contributed by atoms with Crippen molar-refractivity contribution in [3.8, 4) is 0 Å². The fourth-order valence-corrected chi connectivity index (χ4v) is 2.70. The minimum Gasteiger partial charge on any atom is -0.399 e. The average Bonchev–Trinajstić information content (AvgIpc) is 2.13. The molecule has 1 rings (SSSR count). The van der Waals surface area contributed by atoms with Crippen molar-refractivity contribution in [2.45, 2.75) is 32.1 Å². The van der Waals surface area contributed by atoms with Crippen LogP contribution in [0, 0.1) is 5.41 Å². The Balaban J connectivity index is 2.62. The summed E-state index contributed by atoms with van der Waals surface area (Å²) in [5, 5.41) is 0. The van der Waals surface area contributed by atoms with E-state index in [2.05, 4.69) is 20.8 Å². The third-order valence-corrected chi connectivity index (χ3v) is 3.51. The van der Waals surface area contributed by atoms with Gasteiger partial charge in [-0.2, -0.15) is 0 Å². The van der Waals surface area contributed by atoms with E-state index in [1.807, 2.05) is 18.2 Å². The minimum absolute atomic E-state index is 0.232. The van der Waals surface area contributed by atoms with Crippen LogP contribution < -0.4 is 5.73 Å². The van der Waals surface area contributed by atoms with Crippen molar-refractivity contribution in [2.24, 2.45) is 5.41 Å². The van der Waals surface area contributed by atoms with Crippen LogP contribution in [0.3, 0.4) is 0 Å². The Morgan fingerprint density at radius 2 is 2.00 bits per heavy atom. The second-order valence-electron chi connectivity index (χ2n) is 4.93. The topological polar surface area (TPSA) is 43.1 Å². The van der Waals surface area contributed by atoms with Crippen LogP contribution >= 0.6 is 0 Å². The summed E-state index contributed by atoms with van der Waals surface area (Å²) in [7, 11) is -0.920. The van der Waals surface area contributed by atoms with Crippen molar-refractivity contribution in [3.63, 3.8) is 0 Å². The number of hydrogen-bond acceptors (Lipinski definition) is 2. The molecule has 2 nitrogen and oxygen atoms in total. The summed E-state index contributed by atoms with van der Waals surface area (Å²) in [5.41, 5.74) is 6.55. The molecule has 0 aliphatic rings. The predicted molar refractivity (Wildman–Crippen MR) is 66.2 cm³/mol. The van der Waals surface area contributed by atoms with Crippen molar-refractivity contribution in [3.05, 3.63) is 24.3 Å². The van der Waals surface area contributed by atoms with Gasteiger partial charge in [0.2, 0.25) is 0 Å². The van der Waals surface area contributed by atoms with Crippen LogP contribution in [0.4, 0.5) is 5.69 Å². The summed E-state index contributed by atoms with van der Waals surface area (Å²) >= 11 is 0. The highest BCUT2D eigenvalue weighted by atomic mass is 32.2. The summed E-state index contributed by atoms with van der Waals surface area (Å²) in [6, 6.07) is 7.32. The molecule has 0 fully saturated rings. The van der Waals surface area contributed by atoms with Gasteiger partial charge in [0, 0.05) is 16.3 Å². The monoisotopic (exact) mass is 225 g/mol. The molecule has 0 spiro atoms. The molecule has 1 aromatic rings. The summed E-state index contributed by atoms with van der Waals surface area (Å²) in [6.07, 6.45) is 0.953. The molecule has 0 aromatic heterocycles. The number of hydrogen-bond donors (Lipinski definition) is 1. The van der Waals surface area contributed by atoms with Crippen LogP contribution in [0.1, 0.15) is 27.2 Å². The van der Waals surface area contributed by atoms with E-state index in [-0.39, 0.29) is 5.41 Å². The largest absolute Gasteiger partial charge is 0.399 e. The number of nitrogen functional groups attached to an aromatic ring is 1. The van der Waals surface area contributed by atoms with Crippen molar-refractivity contribution in [1.82, 2.24) is 0 Å². The van der Waals surface area contributed by atoms with E-state index >= 15 is 0 Å². The number of rotatable bonds is 3. The standard InChI is InChI=1S/C12H19NOS/c1-12(2,3)7-8-15(14)11-6-4-5-10(13)9-11/h4-6,9H,7-8,13H2,1-3H3. The van der Waals surface area contributed by atoms with Gasteiger partial charge < -0.3 is 5.73 Å². The second-order valence-corrected chi connectivity index (χ2v) is 6.50. The lowest BCUT2D eigenvalue weighted by molar-refractivity contribution is 0.400. The van der Waals surface area contributed by atoms with Crippen LogP contribution in [0.25, 0.3) is 0 Å². The molecule has 0 radical (unpaired) electrons. The Labute approximate surface area is 94.3 Å². The van der Waals surface area contributed by atoms with Gasteiger partial charge in [0.05, 0.1) is 10.8 Å². The Bertz CT molecular complexity index is 355. The third-order valence-electron chi connectivity index (χ3n) is 2.16. The Kier molecular flexibility index (Phi) is 3.91. The maximum Gasteiger partial charge on any atom is 0.0530 e. The number of anilines is 1. The van der Waals surface area contributed by atoms with E-state index in [9.17, 15) is 4.21 Å². The molecule has 1 unspecified atom stereocenters. The van der Waals surface area contributed by atoms with E-state index in [1.54, 1.807) is 6.07 Å². The van der Waals surface area contributed by atoms with Gasteiger partial charge in [-0.15, -0.1) is 0 Å². The predicted octanol–water partition coefficient (Wildman–Crippen LogP) is 2.81. The Morgan fingerprint density at radius 3 is 2.53 bits per heavy atom. The molecule has 3 heteroatoms. The smallest absolute Gasteiger partial charge is 0.0530 e. The molecule has 0 amide bonds. The van der Waals surface area contributed by atoms with Crippen molar-refractivity contribution in [1.29, 1.82) is 0 Å². The molecule has 15 heavy (non-hydrogen) atoms. The zero-order chi connectivity index (χ0) is 11.5. The molecule has 0 heterocycles. The summed E-state index contributed by atoms with van der Waals surface area (Å²) in [5.74, 6) is 0.701. The average molecular weight is 225 g/mol. The van der Waals surface area contributed by atoms with Gasteiger partial charge in [-0.25, -0.2) is 0 Å². The van der Waals surface area contributed by atoms with Gasteiger partial charge in [-0.3, -0.25) is 4.21 Å². The van der Waals surface area contributed by atoms with Crippen molar-refractivity contribution >= 4 is 16.5 Å². The molecule has 0 aliphatic heterocycles.